The Morgan fingerprint density at radius 3 is 2.24 bits per heavy atom. The second kappa shape index (κ2) is 6.66. The lowest BCUT2D eigenvalue weighted by Gasteiger charge is -2.01. The normalized spacial score (nSPS) is 9.18. The molecule has 1 aromatic carbocycles. The number of hydrogen-bond donors (Lipinski definition) is 1. The second-order valence-corrected chi connectivity index (χ2v) is 3.46. The molecule has 0 bridgehead atoms. The van der Waals surface area contributed by atoms with Crippen molar-refractivity contribution in [3.63, 3.8) is 0 Å². The van der Waals surface area contributed by atoms with E-state index in [4.69, 9.17) is 0 Å². The first kappa shape index (κ1) is 13.2. The molecule has 0 aliphatic carbocycles. The highest BCUT2D eigenvalue weighted by atomic mass is 35.5. The molecule has 88 valence electrons. The third-order valence-electron chi connectivity index (χ3n) is 2.16. The van der Waals surface area contributed by atoms with Crippen LogP contribution in [0.5, 0.6) is 0 Å². The van der Waals surface area contributed by atoms with Crippen molar-refractivity contribution in [2.75, 3.05) is 5.32 Å². The number of rotatable bonds is 3. The van der Waals surface area contributed by atoms with Crippen LogP contribution in [0.2, 0.25) is 0 Å². The number of aromatic nitrogens is 1. The average Bonchev–Trinajstić information content (AvgIpc) is 2.31. The maximum Gasteiger partial charge on any atom is 0.290 e. The van der Waals surface area contributed by atoms with Gasteiger partial charge in [0, 0.05) is 17.8 Å². The molecule has 1 amide bonds. The Kier molecular flexibility index (Phi) is 5.17. The van der Waals surface area contributed by atoms with Crippen molar-refractivity contribution in [1.29, 1.82) is 0 Å². The third-order valence-corrected chi connectivity index (χ3v) is 2.16. The first-order valence-electron chi connectivity index (χ1n) is 5.13. The Hall–Kier alpha value is -1.87. The maximum atomic E-state index is 11.6. The molecule has 0 aliphatic rings. The van der Waals surface area contributed by atoms with Crippen LogP contribution >= 0.6 is 0 Å². The Bertz CT molecular complexity index is 416. The van der Waals surface area contributed by atoms with Crippen LogP contribution in [-0.2, 0) is 11.3 Å². The summed E-state index contributed by atoms with van der Waals surface area (Å²) >= 11 is 0. The summed E-state index contributed by atoms with van der Waals surface area (Å²) in [6.07, 6.45) is 3.73. The van der Waals surface area contributed by atoms with Crippen molar-refractivity contribution in [2.24, 2.45) is 0 Å². The fraction of sp³-hybridized carbons (Fsp3) is 0.0769. The monoisotopic (exact) mass is 248 g/mol. The van der Waals surface area contributed by atoms with Crippen LogP contribution in [0, 0.1) is 0 Å². The lowest BCUT2D eigenvalue weighted by atomic mass is 10.3. The number of pyridine rings is 1. The van der Waals surface area contributed by atoms with Crippen molar-refractivity contribution in [3.05, 3.63) is 60.9 Å². The zero-order chi connectivity index (χ0) is 11.2. The number of hydrogen-bond acceptors (Lipinski definition) is 1. The minimum atomic E-state index is -0.0256. The standard InChI is InChI=1S/C13H12N2O.ClH/c16-13(11-15-9-5-2-6-10-15)14-12-7-3-1-4-8-12;/h1-10H,11H2;1H. The minimum Gasteiger partial charge on any atom is -1.00 e. The molecule has 1 heterocycles. The molecule has 0 unspecified atom stereocenters. The second-order valence-electron chi connectivity index (χ2n) is 3.46. The zero-order valence-electron chi connectivity index (χ0n) is 9.21. The molecule has 0 saturated carbocycles. The van der Waals surface area contributed by atoms with Gasteiger partial charge >= 0.3 is 0 Å². The molecule has 1 aromatic heterocycles. The van der Waals surface area contributed by atoms with Gasteiger partial charge in [0.2, 0.25) is 6.54 Å². The third kappa shape index (κ3) is 4.25. The smallest absolute Gasteiger partial charge is 0.290 e. The number of halogens is 1. The summed E-state index contributed by atoms with van der Waals surface area (Å²) in [6.45, 7) is 0.329. The Morgan fingerprint density at radius 2 is 1.59 bits per heavy atom. The van der Waals surface area contributed by atoms with E-state index in [2.05, 4.69) is 5.32 Å². The topological polar surface area (TPSA) is 33.0 Å². The van der Waals surface area contributed by atoms with E-state index in [0.717, 1.165) is 5.69 Å². The van der Waals surface area contributed by atoms with Crippen molar-refractivity contribution < 1.29 is 21.8 Å². The first-order chi connectivity index (χ1) is 7.84. The van der Waals surface area contributed by atoms with Crippen molar-refractivity contribution in [2.45, 2.75) is 6.54 Å². The summed E-state index contributed by atoms with van der Waals surface area (Å²) < 4.78 is 1.83. The van der Waals surface area contributed by atoms with Gasteiger partial charge in [-0.1, -0.05) is 24.3 Å². The molecule has 4 heteroatoms. The average molecular weight is 249 g/mol. The fourth-order valence-corrected chi connectivity index (χ4v) is 1.43. The van der Waals surface area contributed by atoms with Gasteiger partial charge in [0.25, 0.3) is 5.91 Å². The lowest BCUT2D eigenvalue weighted by molar-refractivity contribution is -0.684. The van der Waals surface area contributed by atoms with Crippen molar-refractivity contribution in [3.8, 4) is 0 Å². The predicted octanol–water partition coefficient (Wildman–Crippen LogP) is -1.38. The van der Waals surface area contributed by atoms with Gasteiger partial charge in [-0.2, -0.15) is 4.57 Å². The molecule has 0 saturated heterocycles. The van der Waals surface area contributed by atoms with E-state index in [9.17, 15) is 4.79 Å². The Labute approximate surface area is 107 Å². The van der Waals surface area contributed by atoms with Gasteiger partial charge in [-0.25, -0.2) is 0 Å². The molecule has 2 rings (SSSR count). The van der Waals surface area contributed by atoms with Crippen LogP contribution in [0.4, 0.5) is 5.69 Å². The summed E-state index contributed by atoms with van der Waals surface area (Å²) in [4.78, 5) is 11.6. The van der Waals surface area contributed by atoms with E-state index in [1.807, 2.05) is 65.5 Å². The van der Waals surface area contributed by atoms with E-state index in [0.29, 0.717) is 6.54 Å². The highest BCUT2D eigenvalue weighted by molar-refractivity contribution is 5.89. The molecule has 2 aromatic rings. The number of carbonyl (C=O) groups excluding carboxylic acids is 1. The predicted molar refractivity (Wildman–Crippen MR) is 61.7 cm³/mol. The summed E-state index contributed by atoms with van der Waals surface area (Å²) in [5.74, 6) is -0.0256. The summed E-state index contributed by atoms with van der Waals surface area (Å²) in [5, 5.41) is 2.83. The Morgan fingerprint density at radius 1 is 1.00 bits per heavy atom. The van der Waals surface area contributed by atoms with E-state index in [1.165, 1.54) is 0 Å². The Balaban J connectivity index is 0.00000144. The molecule has 0 fully saturated rings. The lowest BCUT2D eigenvalue weighted by Crippen LogP contribution is -3.00. The van der Waals surface area contributed by atoms with Crippen LogP contribution < -0.4 is 22.3 Å². The molecule has 0 atom stereocenters. The van der Waals surface area contributed by atoms with E-state index in [-0.39, 0.29) is 18.3 Å². The highest BCUT2D eigenvalue weighted by Gasteiger charge is 2.07. The fourth-order valence-electron chi connectivity index (χ4n) is 1.43. The number of anilines is 1. The minimum absolute atomic E-state index is 0. The van der Waals surface area contributed by atoms with Gasteiger partial charge < -0.3 is 17.7 Å². The summed E-state index contributed by atoms with van der Waals surface area (Å²) in [5.41, 5.74) is 0.823. The van der Waals surface area contributed by atoms with Gasteiger partial charge in [0.05, 0.1) is 0 Å². The largest absolute Gasteiger partial charge is 1.00 e. The number of nitrogens with one attached hydrogen (secondary N) is 1. The van der Waals surface area contributed by atoms with Crippen LogP contribution in [0.3, 0.4) is 0 Å². The highest BCUT2D eigenvalue weighted by Crippen LogP contribution is 2.04. The summed E-state index contributed by atoms with van der Waals surface area (Å²) in [7, 11) is 0. The number of benzene rings is 1. The molecule has 0 aliphatic heterocycles. The van der Waals surface area contributed by atoms with Crippen LogP contribution in [0.15, 0.2) is 60.9 Å². The number of para-hydroxylation sites is 1. The molecule has 3 nitrogen and oxygen atoms in total. The van der Waals surface area contributed by atoms with E-state index >= 15 is 0 Å². The van der Waals surface area contributed by atoms with Crippen molar-refractivity contribution in [1.82, 2.24) is 0 Å². The van der Waals surface area contributed by atoms with E-state index in [1.54, 1.807) is 0 Å². The van der Waals surface area contributed by atoms with Gasteiger partial charge in [-0.05, 0) is 12.1 Å². The quantitative estimate of drug-likeness (QED) is 0.668. The molecular weight excluding hydrogens is 236 g/mol. The first-order valence-corrected chi connectivity index (χ1v) is 5.13. The number of carbonyl (C=O) groups is 1. The molecule has 0 spiro atoms. The molecule has 17 heavy (non-hydrogen) atoms. The summed E-state index contributed by atoms with van der Waals surface area (Å²) in [6, 6.07) is 15.2. The number of nitrogens with zero attached hydrogens (tertiary/aromatic N) is 1. The molecular formula is C13H13ClN2O. The van der Waals surface area contributed by atoms with Crippen LogP contribution in [-0.4, -0.2) is 5.91 Å². The SMILES string of the molecule is O=C(C[n+]1ccccc1)Nc1ccccc1.[Cl-]. The van der Waals surface area contributed by atoms with Gasteiger partial charge in [0.15, 0.2) is 12.4 Å². The van der Waals surface area contributed by atoms with Gasteiger partial charge in [0.1, 0.15) is 0 Å². The van der Waals surface area contributed by atoms with Gasteiger partial charge in [-0.15, -0.1) is 0 Å². The van der Waals surface area contributed by atoms with Gasteiger partial charge in [-0.3, -0.25) is 4.79 Å². The molecule has 0 radical (unpaired) electrons. The van der Waals surface area contributed by atoms with E-state index < -0.39 is 0 Å². The van der Waals surface area contributed by atoms with Crippen LogP contribution in [0.1, 0.15) is 0 Å². The maximum absolute atomic E-state index is 11.6. The van der Waals surface area contributed by atoms with Crippen molar-refractivity contribution >= 4 is 11.6 Å². The van der Waals surface area contributed by atoms with Crippen LogP contribution in [0.25, 0.3) is 0 Å². The zero-order valence-corrected chi connectivity index (χ0v) is 9.97. The number of amides is 1. The molecule has 1 N–H and O–H groups in total.